The van der Waals surface area contributed by atoms with E-state index in [-0.39, 0.29) is 6.04 Å². The molecule has 1 aliphatic rings. The molecule has 1 fully saturated rings. The van der Waals surface area contributed by atoms with Crippen molar-refractivity contribution in [1.82, 2.24) is 10.1 Å². The van der Waals surface area contributed by atoms with Crippen LogP contribution in [0.3, 0.4) is 0 Å². The van der Waals surface area contributed by atoms with Crippen molar-refractivity contribution >= 4 is 0 Å². The van der Waals surface area contributed by atoms with Crippen LogP contribution in [0.4, 0.5) is 0 Å². The molecule has 1 atom stereocenters. The summed E-state index contributed by atoms with van der Waals surface area (Å²) in [7, 11) is 0. The van der Waals surface area contributed by atoms with Crippen LogP contribution in [0.1, 0.15) is 50.4 Å². The van der Waals surface area contributed by atoms with Gasteiger partial charge >= 0.3 is 0 Å². The van der Waals surface area contributed by atoms with Crippen molar-refractivity contribution in [3.8, 4) is 0 Å². The first kappa shape index (κ1) is 9.65. The Kier molecular flexibility index (Phi) is 2.82. The highest BCUT2D eigenvalue weighted by atomic mass is 16.5. The molecule has 4 heteroatoms. The van der Waals surface area contributed by atoms with Crippen LogP contribution in [0.2, 0.25) is 0 Å². The Morgan fingerprint density at radius 3 is 2.93 bits per heavy atom. The predicted molar refractivity (Wildman–Crippen MR) is 52.6 cm³/mol. The molecule has 0 spiro atoms. The molecule has 1 aliphatic carbocycles. The van der Waals surface area contributed by atoms with Crippen molar-refractivity contribution in [3.05, 3.63) is 11.7 Å². The van der Waals surface area contributed by atoms with Crippen molar-refractivity contribution in [1.29, 1.82) is 0 Å². The smallest absolute Gasteiger partial charge is 0.226 e. The standard InChI is InChI=1S/C10H17N3O/c1-2-8(11)10-12-9(14-13-10)6-7-4-3-5-7/h7-8H,2-6,11H2,1H3. The molecule has 1 saturated carbocycles. The lowest BCUT2D eigenvalue weighted by atomic mass is 9.83. The fourth-order valence-corrected chi connectivity index (χ4v) is 1.63. The van der Waals surface area contributed by atoms with E-state index in [9.17, 15) is 0 Å². The van der Waals surface area contributed by atoms with E-state index >= 15 is 0 Å². The molecule has 0 aliphatic heterocycles. The second-order valence-corrected chi connectivity index (χ2v) is 4.06. The highest BCUT2D eigenvalue weighted by molar-refractivity contribution is 4.94. The second-order valence-electron chi connectivity index (χ2n) is 4.06. The van der Waals surface area contributed by atoms with Crippen LogP contribution in [0, 0.1) is 5.92 Å². The van der Waals surface area contributed by atoms with Gasteiger partial charge in [-0.05, 0) is 25.2 Å². The van der Waals surface area contributed by atoms with Crippen LogP contribution < -0.4 is 5.73 Å². The van der Waals surface area contributed by atoms with Gasteiger partial charge in [0.1, 0.15) is 0 Å². The van der Waals surface area contributed by atoms with E-state index < -0.39 is 0 Å². The number of aromatic nitrogens is 2. The Balaban J connectivity index is 1.94. The first-order chi connectivity index (χ1) is 6.79. The Morgan fingerprint density at radius 1 is 1.57 bits per heavy atom. The number of hydrogen-bond acceptors (Lipinski definition) is 4. The Bertz CT molecular complexity index is 293. The van der Waals surface area contributed by atoms with Crippen LogP contribution >= 0.6 is 0 Å². The lowest BCUT2D eigenvalue weighted by molar-refractivity contribution is 0.273. The van der Waals surface area contributed by atoms with Gasteiger partial charge in [0.25, 0.3) is 0 Å². The first-order valence-corrected chi connectivity index (χ1v) is 5.37. The molecule has 2 N–H and O–H groups in total. The van der Waals surface area contributed by atoms with Crippen LogP contribution in [0.5, 0.6) is 0 Å². The summed E-state index contributed by atoms with van der Waals surface area (Å²) in [5.41, 5.74) is 5.80. The molecule has 2 rings (SSSR count). The molecular weight excluding hydrogens is 178 g/mol. The van der Waals surface area contributed by atoms with E-state index in [0.29, 0.717) is 5.82 Å². The van der Waals surface area contributed by atoms with Gasteiger partial charge in [-0.15, -0.1) is 0 Å². The number of nitrogens with zero attached hydrogens (tertiary/aromatic N) is 2. The van der Waals surface area contributed by atoms with Gasteiger partial charge in [0.15, 0.2) is 5.82 Å². The van der Waals surface area contributed by atoms with E-state index in [1.54, 1.807) is 0 Å². The Labute approximate surface area is 83.9 Å². The average Bonchev–Trinajstić information content (AvgIpc) is 2.58. The van der Waals surface area contributed by atoms with Gasteiger partial charge in [-0.25, -0.2) is 0 Å². The minimum atomic E-state index is -0.0751. The van der Waals surface area contributed by atoms with Gasteiger partial charge in [-0.2, -0.15) is 4.98 Å². The lowest BCUT2D eigenvalue weighted by Crippen LogP contribution is -2.14. The maximum atomic E-state index is 5.80. The summed E-state index contributed by atoms with van der Waals surface area (Å²) in [6, 6.07) is -0.0751. The van der Waals surface area contributed by atoms with Gasteiger partial charge in [-0.3, -0.25) is 0 Å². The molecular formula is C10H17N3O. The van der Waals surface area contributed by atoms with Gasteiger partial charge < -0.3 is 10.3 Å². The monoisotopic (exact) mass is 195 g/mol. The quantitative estimate of drug-likeness (QED) is 0.795. The third-order valence-electron chi connectivity index (χ3n) is 2.94. The second kappa shape index (κ2) is 4.09. The molecule has 0 amide bonds. The van der Waals surface area contributed by atoms with Crippen molar-refractivity contribution in [3.63, 3.8) is 0 Å². The third kappa shape index (κ3) is 1.95. The molecule has 0 bridgehead atoms. The summed E-state index contributed by atoms with van der Waals surface area (Å²) in [6.45, 7) is 2.02. The fourth-order valence-electron chi connectivity index (χ4n) is 1.63. The first-order valence-electron chi connectivity index (χ1n) is 5.37. The summed E-state index contributed by atoms with van der Waals surface area (Å²) < 4.78 is 5.15. The Morgan fingerprint density at radius 2 is 2.36 bits per heavy atom. The molecule has 1 aromatic heterocycles. The molecule has 78 valence electrons. The van der Waals surface area contributed by atoms with Crippen LogP contribution in [0.25, 0.3) is 0 Å². The minimum absolute atomic E-state index is 0.0751. The molecule has 14 heavy (non-hydrogen) atoms. The number of hydrogen-bond donors (Lipinski definition) is 1. The minimum Gasteiger partial charge on any atom is -0.339 e. The van der Waals surface area contributed by atoms with E-state index in [1.165, 1.54) is 19.3 Å². The average molecular weight is 195 g/mol. The van der Waals surface area contributed by atoms with Gasteiger partial charge in [-0.1, -0.05) is 18.5 Å². The highest BCUT2D eigenvalue weighted by Crippen LogP contribution is 2.29. The molecule has 1 heterocycles. The SMILES string of the molecule is CCC(N)c1noc(CC2CCC2)n1. The molecule has 1 unspecified atom stereocenters. The zero-order valence-corrected chi connectivity index (χ0v) is 8.57. The van der Waals surface area contributed by atoms with Gasteiger partial charge in [0.05, 0.1) is 6.04 Å². The zero-order valence-electron chi connectivity index (χ0n) is 8.57. The van der Waals surface area contributed by atoms with Gasteiger partial charge in [0, 0.05) is 6.42 Å². The summed E-state index contributed by atoms with van der Waals surface area (Å²) in [5, 5.41) is 3.89. The fraction of sp³-hybridized carbons (Fsp3) is 0.800. The van der Waals surface area contributed by atoms with Crippen molar-refractivity contribution in [2.45, 2.75) is 45.1 Å². The summed E-state index contributed by atoms with van der Waals surface area (Å²) >= 11 is 0. The maximum absolute atomic E-state index is 5.80. The normalized spacial score (nSPS) is 19.3. The summed E-state index contributed by atoms with van der Waals surface area (Å²) in [6.07, 6.45) is 5.74. The van der Waals surface area contributed by atoms with E-state index in [4.69, 9.17) is 10.3 Å². The van der Waals surface area contributed by atoms with Crippen molar-refractivity contribution < 1.29 is 4.52 Å². The van der Waals surface area contributed by atoms with E-state index in [1.807, 2.05) is 6.92 Å². The number of nitrogens with two attached hydrogens (primary N) is 1. The molecule has 1 aromatic rings. The van der Waals surface area contributed by atoms with Crippen molar-refractivity contribution in [2.75, 3.05) is 0 Å². The van der Waals surface area contributed by atoms with Crippen LogP contribution in [-0.2, 0) is 6.42 Å². The predicted octanol–water partition coefficient (Wildman–Crippen LogP) is 1.82. The third-order valence-corrected chi connectivity index (χ3v) is 2.94. The highest BCUT2D eigenvalue weighted by Gasteiger charge is 2.21. The molecule has 0 aromatic carbocycles. The molecule has 0 radical (unpaired) electrons. The maximum Gasteiger partial charge on any atom is 0.226 e. The van der Waals surface area contributed by atoms with E-state index in [2.05, 4.69) is 10.1 Å². The molecule has 4 nitrogen and oxygen atoms in total. The Hall–Kier alpha value is -0.900. The van der Waals surface area contributed by atoms with Crippen LogP contribution in [-0.4, -0.2) is 10.1 Å². The van der Waals surface area contributed by atoms with Gasteiger partial charge in [0.2, 0.25) is 5.89 Å². The topological polar surface area (TPSA) is 64.9 Å². The lowest BCUT2D eigenvalue weighted by Gasteiger charge is -2.23. The number of rotatable bonds is 4. The zero-order chi connectivity index (χ0) is 9.97. The summed E-state index contributed by atoms with van der Waals surface area (Å²) in [5.74, 6) is 2.18. The van der Waals surface area contributed by atoms with Crippen molar-refractivity contribution in [2.24, 2.45) is 11.7 Å². The summed E-state index contributed by atoms with van der Waals surface area (Å²) in [4.78, 5) is 4.30. The van der Waals surface area contributed by atoms with Crippen LogP contribution in [0.15, 0.2) is 4.52 Å². The van der Waals surface area contributed by atoms with E-state index in [0.717, 1.165) is 24.7 Å². The molecule has 0 saturated heterocycles. The largest absolute Gasteiger partial charge is 0.339 e.